The molecule has 6 nitrogen and oxygen atoms in total. The molecule has 2 aliphatic carbocycles. The number of unbranched alkanes of at least 4 members (excludes halogenated alkanes) is 1. The molecule has 1 aromatic carbocycles. The molecule has 1 aromatic heterocycles. The zero-order chi connectivity index (χ0) is 24.6. The van der Waals surface area contributed by atoms with E-state index in [1.807, 2.05) is 6.07 Å². The van der Waals surface area contributed by atoms with Gasteiger partial charge in [0.2, 0.25) is 0 Å². The van der Waals surface area contributed by atoms with Crippen LogP contribution in [0.15, 0.2) is 30.3 Å². The molecule has 1 N–H and O–H groups in total. The highest BCUT2D eigenvalue weighted by Gasteiger charge is 2.25. The molecular weight excluding hydrogens is 436 g/mol. The Hall–Kier alpha value is -2.47. The number of nitrogens with zero attached hydrogens (tertiary/aromatic N) is 3. The largest absolute Gasteiger partial charge is 0.490 e. The van der Waals surface area contributed by atoms with Crippen LogP contribution < -0.4 is 10.1 Å². The predicted octanol–water partition coefficient (Wildman–Crippen LogP) is 5.80. The van der Waals surface area contributed by atoms with E-state index in [0.29, 0.717) is 17.8 Å². The molecule has 6 heteroatoms. The van der Waals surface area contributed by atoms with E-state index < -0.39 is 0 Å². The van der Waals surface area contributed by atoms with Crippen LogP contribution in [-0.4, -0.2) is 53.3 Å². The first kappa shape index (κ1) is 25.6. The lowest BCUT2D eigenvalue weighted by molar-refractivity contribution is 0.0910. The number of aryl methyl sites for hydroxylation is 1. The van der Waals surface area contributed by atoms with Crippen molar-refractivity contribution in [1.29, 1.82) is 0 Å². The van der Waals surface area contributed by atoms with Crippen LogP contribution in [0, 0.1) is 0 Å². The van der Waals surface area contributed by atoms with Gasteiger partial charge in [-0.05, 0) is 102 Å². The molecule has 0 unspecified atom stereocenters. The van der Waals surface area contributed by atoms with Gasteiger partial charge in [-0.2, -0.15) is 5.10 Å². The van der Waals surface area contributed by atoms with Crippen molar-refractivity contribution < 1.29 is 9.53 Å². The van der Waals surface area contributed by atoms with Crippen molar-refractivity contribution in [3.05, 3.63) is 41.7 Å². The summed E-state index contributed by atoms with van der Waals surface area (Å²) in [5.74, 6) is 0.801. The van der Waals surface area contributed by atoms with Crippen molar-refractivity contribution in [2.45, 2.75) is 102 Å². The maximum atomic E-state index is 13.1. The minimum absolute atomic E-state index is 0.119. The Kier molecular flexibility index (Phi) is 9.13. The molecular formula is C29H42N4O2. The minimum atomic E-state index is -0.119. The van der Waals surface area contributed by atoms with Crippen LogP contribution in [0.25, 0.3) is 11.1 Å². The Morgan fingerprint density at radius 3 is 2.37 bits per heavy atom. The fourth-order valence-electron chi connectivity index (χ4n) is 5.39. The highest BCUT2D eigenvalue weighted by molar-refractivity contribution is 5.93. The summed E-state index contributed by atoms with van der Waals surface area (Å²) in [6.45, 7) is 2.18. The zero-order valence-corrected chi connectivity index (χ0v) is 21.8. The van der Waals surface area contributed by atoms with Gasteiger partial charge in [-0.25, -0.2) is 0 Å². The van der Waals surface area contributed by atoms with Crippen molar-refractivity contribution in [2.75, 3.05) is 14.1 Å². The molecule has 0 saturated heterocycles. The monoisotopic (exact) mass is 478 g/mol. The Morgan fingerprint density at radius 1 is 1.00 bits per heavy atom. The van der Waals surface area contributed by atoms with Gasteiger partial charge in [0, 0.05) is 17.6 Å². The normalized spacial score (nSPS) is 21.1. The molecule has 4 rings (SSSR count). The van der Waals surface area contributed by atoms with E-state index in [0.717, 1.165) is 80.4 Å². The highest BCUT2D eigenvalue weighted by Crippen LogP contribution is 2.29. The van der Waals surface area contributed by atoms with E-state index in [9.17, 15) is 4.79 Å². The second-order valence-electron chi connectivity index (χ2n) is 10.5. The molecule has 35 heavy (non-hydrogen) atoms. The summed E-state index contributed by atoms with van der Waals surface area (Å²) < 4.78 is 6.21. The van der Waals surface area contributed by atoms with Crippen molar-refractivity contribution in [3.63, 3.8) is 0 Å². The van der Waals surface area contributed by atoms with E-state index >= 15 is 0 Å². The molecule has 0 radical (unpaired) electrons. The quantitative estimate of drug-likeness (QED) is 0.493. The lowest BCUT2D eigenvalue weighted by Crippen LogP contribution is -2.42. The van der Waals surface area contributed by atoms with Crippen LogP contribution in [0.2, 0.25) is 0 Å². The first-order chi connectivity index (χ1) is 17.0. The fraction of sp³-hybridized carbons (Fsp3) is 0.621. The third kappa shape index (κ3) is 7.03. The zero-order valence-electron chi connectivity index (χ0n) is 21.8. The summed E-state index contributed by atoms with van der Waals surface area (Å²) in [4.78, 5) is 15.4. The average molecular weight is 479 g/mol. The standard InChI is InChI=1S/C29H42N4O2/c1-4-5-11-27-26(21-12-18-25(19-13-21)35-24-9-7-6-8-10-24)20-28(32-31-27)29(34)30-22-14-16-23(17-15-22)33(2)3/h12-13,18-20,22-24H,4-11,14-17H2,1-3H3,(H,30,34)/t22-,23+. The molecule has 2 fully saturated rings. The molecule has 0 aliphatic heterocycles. The number of hydrogen-bond acceptors (Lipinski definition) is 5. The first-order valence-electron chi connectivity index (χ1n) is 13.6. The SMILES string of the molecule is CCCCc1nnc(C(=O)N[C@H]2CC[C@@H](N(C)C)CC2)cc1-c1ccc(OC2CCCCC2)cc1. The van der Waals surface area contributed by atoms with Gasteiger partial charge in [0.1, 0.15) is 5.75 Å². The molecule has 2 aromatic rings. The molecule has 0 spiro atoms. The summed E-state index contributed by atoms with van der Waals surface area (Å²) in [7, 11) is 4.27. The number of nitrogens with one attached hydrogen (secondary N) is 1. The van der Waals surface area contributed by atoms with Gasteiger partial charge in [-0.3, -0.25) is 4.79 Å². The number of ether oxygens (including phenoxy) is 1. The van der Waals surface area contributed by atoms with Crippen LogP contribution in [-0.2, 0) is 6.42 Å². The van der Waals surface area contributed by atoms with Gasteiger partial charge in [0.05, 0.1) is 11.8 Å². The molecule has 2 aliphatic rings. The summed E-state index contributed by atoms with van der Waals surface area (Å²) in [5, 5.41) is 12.0. The third-order valence-electron chi connectivity index (χ3n) is 7.65. The van der Waals surface area contributed by atoms with Crippen LogP contribution in [0.5, 0.6) is 5.75 Å². The summed E-state index contributed by atoms with van der Waals surface area (Å²) in [5.41, 5.74) is 3.41. The average Bonchev–Trinajstić information content (AvgIpc) is 2.89. The maximum Gasteiger partial charge on any atom is 0.272 e. The van der Waals surface area contributed by atoms with Gasteiger partial charge in [0.25, 0.3) is 5.91 Å². The van der Waals surface area contributed by atoms with Crippen molar-refractivity contribution in [1.82, 2.24) is 20.4 Å². The third-order valence-corrected chi connectivity index (χ3v) is 7.65. The molecule has 0 bridgehead atoms. The Morgan fingerprint density at radius 2 is 1.71 bits per heavy atom. The van der Waals surface area contributed by atoms with Gasteiger partial charge >= 0.3 is 0 Å². The van der Waals surface area contributed by atoms with Crippen LogP contribution in [0.3, 0.4) is 0 Å². The first-order valence-corrected chi connectivity index (χ1v) is 13.6. The number of carbonyl (C=O) groups excluding carboxylic acids is 1. The second-order valence-corrected chi connectivity index (χ2v) is 10.5. The molecule has 1 amide bonds. The number of aromatic nitrogens is 2. The van der Waals surface area contributed by atoms with E-state index in [2.05, 4.69) is 65.7 Å². The summed E-state index contributed by atoms with van der Waals surface area (Å²) >= 11 is 0. The lowest BCUT2D eigenvalue weighted by atomic mass is 9.90. The Balaban J connectivity index is 1.47. The summed E-state index contributed by atoms with van der Waals surface area (Å²) in [6.07, 6.45) is 13.7. The fourth-order valence-corrected chi connectivity index (χ4v) is 5.39. The smallest absolute Gasteiger partial charge is 0.272 e. The lowest BCUT2D eigenvalue weighted by Gasteiger charge is -2.32. The van der Waals surface area contributed by atoms with E-state index in [1.165, 1.54) is 19.3 Å². The molecule has 190 valence electrons. The van der Waals surface area contributed by atoms with Crippen LogP contribution in [0.1, 0.15) is 93.7 Å². The van der Waals surface area contributed by atoms with E-state index in [-0.39, 0.29) is 11.9 Å². The predicted molar refractivity (Wildman–Crippen MR) is 141 cm³/mol. The second kappa shape index (κ2) is 12.5. The maximum absolute atomic E-state index is 13.1. The van der Waals surface area contributed by atoms with Gasteiger partial charge < -0.3 is 15.0 Å². The van der Waals surface area contributed by atoms with E-state index in [1.54, 1.807) is 0 Å². The number of rotatable bonds is 9. The molecule has 2 saturated carbocycles. The van der Waals surface area contributed by atoms with Crippen LogP contribution in [0.4, 0.5) is 0 Å². The number of amides is 1. The number of hydrogen-bond donors (Lipinski definition) is 1. The van der Waals surface area contributed by atoms with Crippen molar-refractivity contribution >= 4 is 5.91 Å². The topological polar surface area (TPSA) is 67.4 Å². The highest BCUT2D eigenvalue weighted by atomic mass is 16.5. The number of carbonyl (C=O) groups is 1. The van der Waals surface area contributed by atoms with Crippen molar-refractivity contribution in [2.24, 2.45) is 0 Å². The number of benzene rings is 1. The molecule has 0 atom stereocenters. The van der Waals surface area contributed by atoms with Crippen molar-refractivity contribution in [3.8, 4) is 16.9 Å². The van der Waals surface area contributed by atoms with Crippen LogP contribution >= 0.6 is 0 Å². The Labute approximate surface area is 210 Å². The van der Waals surface area contributed by atoms with Gasteiger partial charge in [0.15, 0.2) is 5.69 Å². The summed E-state index contributed by atoms with van der Waals surface area (Å²) in [6, 6.07) is 11.0. The Bertz CT molecular complexity index is 946. The minimum Gasteiger partial charge on any atom is -0.490 e. The van der Waals surface area contributed by atoms with Gasteiger partial charge in [-0.1, -0.05) is 31.9 Å². The molecule has 1 heterocycles. The van der Waals surface area contributed by atoms with Gasteiger partial charge in [-0.15, -0.1) is 5.10 Å². The van der Waals surface area contributed by atoms with E-state index in [4.69, 9.17) is 4.74 Å².